The first-order valence-corrected chi connectivity index (χ1v) is 5.72. The van der Waals surface area contributed by atoms with Gasteiger partial charge in [0.25, 0.3) is 0 Å². The van der Waals surface area contributed by atoms with Crippen molar-refractivity contribution in [1.29, 1.82) is 0 Å². The Morgan fingerprint density at radius 1 is 1.50 bits per heavy atom. The van der Waals surface area contributed by atoms with Gasteiger partial charge in [0.1, 0.15) is 0 Å². The van der Waals surface area contributed by atoms with E-state index in [0.717, 1.165) is 32.5 Å². The molecule has 0 aliphatic carbocycles. The Hall–Kier alpha value is -1.07. The van der Waals surface area contributed by atoms with Gasteiger partial charge in [-0.3, -0.25) is 4.68 Å². The number of aromatic nitrogens is 2. The van der Waals surface area contributed by atoms with Crippen molar-refractivity contribution in [2.45, 2.75) is 30.9 Å². The summed E-state index contributed by atoms with van der Waals surface area (Å²) in [6.07, 6.45) is 6.00. The molecule has 2 aliphatic rings. The molecule has 3 heterocycles. The molecule has 0 bridgehead atoms. The monoisotopic (exact) mass is 224 g/mol. The highest BCUT2D eigenvalue weighted by Gasteiger charge is 2.41. The van der Waals surface area contributed by atoms with Crippen LogP contribution in [0.25, 0.3) is 0 Å². The lowest BCUT2D eigenvalue weighted by Gasteiger charge is -2.37. The third-order valence-corrected chi connectivity index (χ3v) is 3.50. The second kappa shape index (κ2) is 3.75. The van der Waals surface area contributed by atoms with Gasteiger partial charge in [-0.2, -0.15) is 5.10 Å². The van der Waals surface area contributed by atoms with Crippen molar-refractivity contribution in [2.75, 3.05) is 19.8 Å². The summed E-state index contributed by atoms with van der Waals surface area (Å²) in [5.74, 6) is 0.225. The Labute approximate surface area is 94.0 Å². The second-order valence-corrected chi connectivity index (χ2v) is 4.66. The predicted octanol–water partition coefficient (Wildman–Crippen LogP) is 1.10. The maximum Gasteiger partial charge on any atom is 0.153 e. The molecular formula is C11H16N2O3. The third kappa shape index (κ3) is 1.70. The largest absolute Gasteiger partial charge is 0.505 e. The summed E-state index contributed by atoms with van der Waals surface area (Å²) in [6.45, 7) is 2.22. The molecule has 2 unspecified atom stereocenters. The van der Waals surface area contributed by atoms with E-state index in [1.807, 2.05) is 4.68 Å². The van der Waals surface area contributed by atoms with E-state index in [-0.39, 0.29) is 11.4 Å². The Morgan fingerprint density at radius 2 is 2.44 bits per heavy atom. The number of hydrogen-bond acceptors (Lipinski definition) is 4. The molecular weight excluding hydrogens is 208 g/mol. The molecule has 0 aromatic carbocycles. The van der Waals surface area contributed by atoms with Crippen LogP contribution < -0.4 is 0 Å². The molecule has 5 nitrogen and oxygen atoms in total. The van der Waals surface area contributed by atoms with Crippen LogP contribution in [0.2, 0.25) is 0 Å². The minimum atomic E-state index is -0.107. The van der Waals surface area contributed by atoms with Crippen LogP contribution in [0.4, 0.5) is 0 Å². The summed E-state index contributed by atoms with van der Waals surface area (Å²) < 4.78 is 13.1. The standard InChI is InChI=1S/C11H16N2O3/c14-10-6-12-13(7-10)9-1-3-16-11(5-9)2-4-15-8-11/h6-7,9,14H,1-5,8H2. The van der Waals surface area contributed by atoms with Crippen molar-refractivity contribution >= 4 is 0 Å². The van der Waals surface area contributed by atoms with Crippen LogP contribution in [0, 0.1) is 0 Å². The molecule has 1 spiro atoms. The van der Waals surface area contributed by atoms with Crippen LogP contribution in [0.3, 0.4) is 0 Å². The summed E-state index contributed by atoms with van der Waals surface area (Å²) in [7, 11) is 0. The molecule has 0 amide bonds. The molecule has 1 N–H and O–H groups in total. The van der Waals surface area contributed by atoms with E-state index < -0.39 is 0 Å². The lowest BCUT2D eigenvalue weighted by molar-refractivity contribution is -0.0962. The van der Waals surface area contributed by atoms with Gasteiger partial charge in [0.05, 0.1) is 30.6 Å². The van der Waals surface area contributed by atoms with Crippen molar-refractivity contribution in [3.63, 3.8) is 0 Å². The van der Waals surface area contributed by atoms with Crippen molar-refractivity contribution in [1.82, 2.24) is 9.78 Å². The summed E-state index contributed by atoms with van der Waals surface area (Å²) >= 11 is 0. The zero-order valence-electron chi connectivity index (χ0n) is 9.13. The number of aromatic hydroxyl groups is 1. The topological polar surface area (TPSA) is 56.5 Å². The second-order valence-electron chi connectivity index (χ2n) is 4.66. The highest BCUT2D eigenvalue weighted by atomic mass is 16.6. The summed E-state index contributed by atoms with van der Waals surface area (Å²) in [5, 5.41) is 13.5. The summed E-state index contributed by atoms with van der Waals surface area (Å²) in [4.78, 5) is 0. The normalized spacial score (nSPS) is 34.6. The van der Waals surface area contributed by atoms with Gasteiger partial charge in [-0.15, -0.1) is 0 Å². The van der Waals surface area contributed by atoms with Gasteiger partial charge in [0.2, 0.25) is 0 Å². The van der Waals surface area contributed by atoms with Gasteiger partial charge in [-0.05, 0) is 6.42 Å². The molecule has 5 heteroatoms. The van der Waals surface area contributed by atoms with Gasteiger partial charge >= 0.3 is 0 Å². The number of ether oxygens (including phenoxy) is 2. The zero-order valence-corrected chi connectivity index (χ0v) is 9.13. The fourth-order valence-electron chi connectivity index (χ4n) is 2.62. The summed E-state index contributed by atoms with van der Waals surface area (Å²) in [6, 6.07) is 0.316. The van der Waals surface area contributed by atoms with E-state index in [1.54, 1.807) is 6.20 Å². The maximum absolute atomic E-state index is 9.30. The molecule has 1 aromatic heterocycles. The van der Waals surface area contributed by atoms with Crippen molar-refractivity contribution in [3.8, 4) is 5.75 Å². The molecule has 88 valence electrons. The lowest BCUT2D eigenvalue weighted by Crippen LogP contribution is -2.41. The van der Waals surface area contributed by atoms with Crippen molar-refractivity contribution < 1.29 is 14.6 Å². The maximum atomic E-state index is 9.30. The van der Waals surface area contributed by atoms with E-state index in [1.165, 1.54) is 6.20 Å². The number of rotatable bonds is 1. The minimum absolute atomic E-state index is 0.107. The highest BCUT2D eigenvalue weighted by Crippen LogP contribution is 2.37. The first-order chi connectivity index (χ1) is 7.77. The molecule has 3 rings (SSSR count). The molecule has 2 aliphatic heterocycles. The highest BCUT2D eigenvalue weighted by molar-refractivity contribution is 5.09. The first kappa shape index (κ1) is 10.1. The molecule has 0 saturated carbocycles. The Balaban J connectivity index is 1.77. The minimum Gasteiger partial charge on any atom is -0.505 e. The zero-order chi connectivity index (χ0) is 11.0. The van der Waals surface area contributed by atoms with Crippen LogP contribution in [-0.2, 0) is 9.47 Å². The van der Waals surface area contributed by atoms with E-state index in [2.05, 4.69) is 5.10 Å². The van der Waals surface area contributed by atoms with Crippen molar-refractivity contribution in [3.05, 3.63) is 12.4 Å². The van der Waals surface area contributed by atoms with Crippen LogP contribution in [0.5, 0.6) is 5.75 Å². The van der Waals surface area contributed by atoms with E-state index in [0.29, 0.717) is 12.6 Å². The van der Waals surface area contributed by atoms with Gasteiger partial charge in [0.15, 0.2) is 5.75 Å². The molecule has 1 aromatic rings. The van der Waals surface area contributed by atoms with E-state index in [4.69, 9.17) is 9.47 Å². The molecule has 2 fully saturated rings. The van der Waals surface area contributed by atoms with Gasteiger partial charge in [0, 0.05) is 26.1 Å². The lowest BCUT2D eigenvalue weighted by atomic mass is 9.90. The van der Waals surface area contributed by atoms with Crippen LogP contribution in [0.15, 0.2) is 12.4 Å². The smallest absolute Gasteiger partial charge is 0.153 e. The first-order valence-electron chi connectivity index (χ1n) is 5.72. The fraction of sp³-hybridized carbons (Fsp3) is 0.727. The van der Waals surface area contributed by atoms with Gasteiger partial charge in [-0.25, -0.2) is 0 Å². The molecule has 2 atom stereocenters. The van der Waals surface area contributed by atoms with Gasteiger partial charge < -0.3 is 14.6 Å². The third-order valence-electron chi connectivity index (χ3n) is 3.50. The molecule has 2 saturated heterocycles. The van der Waals surface area contributed by atoms with Crippen molar-refractivity contribution in [2.24, 2.45) is 0 Å². The van der Waals surface area contributed by atoms with Crippen LogP contribution in [0.1, 0.15) is 25.3 Å². The fourth-order valence-corrected chi connectivity index (χ4v) is 2.62. The molecule has 16 heavy (non-hydrogen) atoms. The number of nitrogens with zero attached hydrogens (tertiary/aromatic N) is 2. The average Bonchev–Trinajstić information content (AvgIpc) is 2.89. The van der Waals surface area contributed by atoms with E-state index >= 15 is 0 Å². The molecule has 0 radical (unpaired) electrons. The van der Waals surface area contributed by atoms with Crippen LogP contribution in [-0.4, -0.2) is 40.3 Å². The quantitative estimate of drug-likeness (QED) is 0.776. The number of hydrogen-bond donors (Lipinski definition) is 1. The SMILES string of the molecule is Oc1cnn(C2CCOC3(CCOC3)C2)c1. The Morgan fingerprint density at radius 3 is 3.12 bits per heavy atom. The summed E-state index contributed by atoms with van der Waals surface area (Å²) in [5.41, 5.74) is -0.107. The Bertz CT molecular complexity index is 371. The average molecular weight is 224 g/mol. The van der Waals surface area contributed by atoms with Crippen LogP contribution >= 0.6 is 0 Å². The van der Waals surface area contributed by atoms with E-state index in [9.17, 15) is 5.11 Å². The predicted molar refractivity (Wildman–Crippen MR) is 56.3 cm³/mol. The Kier molecular flexibility index (Phi) is 2.37. The van der Waals surface area contributed by atoms with Gasteiger partial charge in [-0.1, -0.05) is 0 Å².